The van der Waals surface area contributed by atoms with Crippen molar-refractivity contribution in [2.45, 2.75) is 26.2 Å². The second-order valence-electron chi connectivity index (χ2n) is 4.93. The average molecular weight is 287 g/mol. The maximum Gasteiger partial charge on any atom is 0.267 e. The van der Waals surface area contributed by atoms with Gasteiger partial charge in [-0.2, -0.15) is 5.26 Å². The predicted molar refractivity (Wildman–Crippen MR) is 82.6 cm³/mol. The Balaban J connectivity index is 2.63. The quantitative estimate of drug-likeness (QED) is 0.407. The number of hydrogen-bond donors (Lipinski definition) is 3. The summed E-state index contributed by atoms with van der Waals surface area (Å²) in [7, 11) is 0. The number of aliphatic hydroxyl groups excluding tert-OH is 1. The van der Waals surface area contributed by atoms with Gasteiger partial charge in [0.25, 0.3) is 5.91 Å². The molecule has 1 aromatic carbocycles. The first kappa shape index (κ1) is 16.7. The molecule has 1 aromatic rings. The molecule has 0 aliphatic rings. The van der Waals surface area contributed by atoms with E-state index in [4.69, 9.17) is 10.4 Å². The van der Waals surface area contributed by atoms with Crippen LogP contribution < -0.4 is 10.6 Å². The van der Waals surface area contributed by atoms with Gasteiger partial charge in [0.2, 0.25) is 0 Å². The molecule has 0 aliphatic carbocycles. The number of amides is 1. The lowest BCUT2D eigenvalue weighted by Crippen LogP contribution is -2.17. The number of carbonyl (C=O) groups excluding carboxylic acids is 1. The Bertz CT molecular complexity index is 527. The Morgan fingerprint density at radius 2 is 2.05 bits per heavy atom. The van der Waals surface area contributed by atoms with Crippen LogP contribution in [-0.2, 0) is 4.79 Å². The first-order valence-electron chi connectivity index (χ1n) is 6.94. The van der Waals surface area contributed by atoms with Gasteiger partial charge in [-0.3, -0.25) is 4.79 Å². The van der Waals surface area contributed by atoms with E-state index in [0.29, 0.717) is 24.6 Å². The molecular formula is C16H21N3O2. The van der Waals surface area contributed by atoms with Crippen LogP contribution in [0.1, 0.15) is 31.7 Å². The van der Waals surface area contributed by atoms with Gasteiger partial charge in [-0.15, -0.1) is 0 Å². The highest BCUT2D eigenvalue weighted by Crippen LogP contribution is 2.17. The Hall–Kier alpha value is -2.32. The van der Waals surface area contributed by atoms with Crippen LogP contribution in [0.25, 0.3) is 0 Å². The van der Waals surface area contributed by atoms with Gasteiger partial charge in [0, 0.05) is 25.0 Å². The monoisotopic (exact) mass is 287 g/mol. The lowest BCUT2D eigenvalue weighted by molar-refractivity contribution is -0.112. The summed E-state index contributed by atoms with van der Waals surface area (Å²) in [5.41, 5.74) is 1.84. The molecular weight excluding hydrogens is 266 g/mol. The number of aliphatic hydroxyl groups is 1. The van der Waals surface area contributed by atoms with E-state index >= 15 is 0 Å². The molecule has 112 valence electrons. The summed E-state index contributed by atoms with van der Waals surface area (Å²) in [6.07, 6.45) is 1.93. The Morgan fingerprint density at radius 1 is 1.38 bits per heavy atom. The van der Waals surface area contributed by atoms with Crippen LogP contribution in [0.2, 0.25) is 0 Å². The maximum atomic E-state index is 11.9. The molecule has 1 rings (SSSR count). The van der Waals surface area contributed by atoms with E-state index in [1.54, 1.807) is 0 Å². The number of anilines is 1. The molecule has 5 heteroatoms. The number of nitrogens with zero attached hydrogens (tertiary/aromatic N) is 1. The van der Waals surface area contributed by atoms with Crippen molar-refractivity contribution in [2.75, 3.05) is 18.5 Å². The van der Waals surface area contributed by atoms with Crippen molar-refractivity contribution in [3.8, 4) is 6.07 Å². The summed E-state index contributed by atoms with van der Waals surface area (Å²) < 4.78 is 0. The minimum Gasteiger partial charge on any atom is -0.396 e. The third kappa shape index (κ3) is 5.67. The van der Waals surface area contributed by atoms with E-state index < -0.39 is 5.91 Å². The van der Waals surface area contributed by atoms with Crippen molar-refractivity contribution in [3.63, 3.8) is 0 Å². The molecule has 0 bridgehead atoms. The molecule has 0 fully saturated rings. The van der Waals surface area contributed by atoms with Crippen LogP contribution in [0.4, 0.5) is 5.69 Å². The van der Waals surface area contributed by atoms with E-state index in [1.807, 2.05) is 30.3 Å². The van der Waals surface area contributed by atoms with Gasteiger partial charge < -0.3 is 15.7 Å². The van der Waals surface area contributed by atoms with E-state index in [9.17, 15) is 4.79 Å². The minimum atomic E-state index is -0.453. The molecule has 21 heavy (non-hydrogen) atoms. The number of nitriles is 1. The van der Waals surface area contributed by atoms with Crippen LogP contribution in [-0.4, -0.2) is 24.2 Å². The number of benzene rings is 1. The number of hydrogen-bond acceptors (Lipinski definition) is 4. The van der Waals surface area contributed by atoms with Crippen LogP contribution in [0.15, 0.2) is 36.0 Å². The second-order valence-corrected chi connectivity index (χ2v) is 4.93. The summed E-state index contributed by atoms with van der Waals surface area (Å²) in [5, 5.41) is 23.1. The van der Waals surface area contributed by atoms with Crippen molar-refractivity contribution in [2.24, 2.45) is 0 Å². The summed E-state index contributed by atoms with van der Waals surface area (Å²) in [6, 6.07) is 9.40. The average Bonchev–Trinajstić information content (AvgIpc) is 2.47. The van der Waals surface area contributed by atoms with Crippen LogP contribution in [0.3, 0.4) is 0 Å². The normalized spacial score (nSPS) is 11.1. The highest BCUT2D eigenvalue weighted by molar-refractivity contribution is 6.06. The molecule has 0 aliphatic heterocycles. The molecule has 0 aromatic heterocycles. The molecule has 0 heterocycles. The first-order chi connectivity index (χ1) is 10.1. The minimum absolute atomic E-state index is 0.000811. The molecule has 0 atom stereocenters. The second kappa shape index (κ2) is 8.77. The highest BCUT2D eigenvalue weighted by atomic mass is 16.3. The lowest BCUT2D eigenvalue weighted by atomic mass is 10.0. The SMILES string of the molecule is CC(C)c1ccc(NC(=O)/C(C#N)=C\NCCCO)cc1. The fraction of sp³-hybridized carbons (Fsp3) is 0.375. The van der Waals surface area contributed by atoms with Gasteiger partial charge in [0.1, 0.15) is 11.6 Å². The molecule has 5 nitrogen and oxygen atoms in total. The summed E-state index contributed by atoms with van der Waals surface area (Å²) in [4.78, 5) is 11.9. The van der Waals surface area contributed by atoms with Crippen molar-refractivity contribution in [1.29, 1.82) is 5.26 Å². The molecule has 3 N–H and O–H groups in total. The topological polar surface area (TPSA) is 85.2 Å². The van der Waals surface area contributed by atoms with Gasteiger partial charge in [-0.05, 0) is 30.0 Å². The Morgan fingerprint density at radius 3 is 2.57 bits per heavy atom. The van der Waals surface area contributed by atoms with Gasteiger partial charge >= 0.3 is 0 Å². The van der Waals surface area contributed by atoms with E-state index in [-0.39, 0.29) is 12.2 Å². The van der Waals surface area contributed by atoms with Gasteiger partial charge in [0.15, 0.2) is 0 Å². The number of rotatable bonds is 7. The van der Waals surface area contributed by atoms with Crippen molar-refractivity contribution >= 4 is 11.6 Å². The largest absolute Gasteiger partial charge is 0.396 e. The fourth-order valence-corrected chi connectivity index (χ4v) is 1.65. The van der Waals surface area contributed by atoms with Crippen molar-refractivity contribution < 1.29 is 9.90 Å². The van der Waals surface area contributed by atoms with E-state index in [1.165, 1.54) is 11.8 Å². The standard InChI is InChI=1S/C16H21N3O2/c1-12(2)13-4-6-15(7-5-13)19-16(21)14(10-17)11-18-8-3-9-20/h4-7,11-12,18,20H,3,8-9H2,1-2H3,(H,19,21)/b14-11-. The third-order valence-electron chi connectivity index (χ3n) is 2.93. The molecule has 0 saturated carbocycles. The third-order valence-corrected chi connectivity index (χ3v) is 2.93. The maximum absolute atomic E-state index is 11.9. The van der Waals surface area contributed by atoms with Crippen LogP contribution >= 0.6 is 0 Å². The van der Waals surface area contributed by atoms with Gasteiger partial charge in [-0.25, -0.2) is 0 Å². The highest BCUT2D eigenvalue weighted by Gasteiger charge is 2.09. The van der Waals surface area contributed by atoms with E-state index in [2.05, 4.69) is 24.5 Å². The zero-order valence-corrected chi connectivity index (χ0v) is 12.4. The zero-order valence-electron chi connectivity index (χ0n) is 12.4. The van der Waals surface area contributed by atoms with Crippen LogP contribution in [0.5, 0.6) is 0 Å². The van der Waals surface area contributed by atoms with Crippen molar-refractivity contribution in [3.05, 3.63) is 41.6 Å². The molecule has 0 radical (unpaired) electrons. The summed E-state index contributed by atoms with van der Waals surface area (Å²) in [5.74, 6) is -0.0219. The van der Waals surface area contributed by atoms with E-state index in [0.717, 1.165) is 0 Å². The predicted octanol–water partition coefficient (Wildman–Crippen LogP) is 2.13. The first-order valence-corrected chi connectivity index (χ1v) is 6.94. The summed E-state index contributed by atoms with van der Waals surface area (Å²) >= 11 is 0. The van der Waals surface area contributed by atoms with Crippen molar-refractivity contribution in [1.82, 2.24) is 5.32 Å². The number of nitrogens with one attached hydrogen (secondary N) is 2. The molecule has 1 amide bonds. The Labute approximate surface area is 125 Å². The van der Waals surface area contributed by atoms with Gasteiger partial charge in [-0.1, -0.05) is 26.0 Å². The molecule has 0 saturated heterocycles. The summed E-state index contributed by atoms with van der Waals surface area (Å²) in [6.45, 7) is 4.78. The zero-order chi connectivity index (χ0) is 15.7. The van der Waals surface area contributed by atoms with Crippen LogP contribution in [0, 0.1) is 11.3 Å². The lowest BCUT2D eigenvalue weighted by Gasteiger charge is -2.08. The molecule has 0 spiro atoms. The number of carbonyl (C=O) groups is 1. The van der Waals surface area contributed by atoms with Gasteiger partial charge in [0.05, 0.1) is 0 Å². The Kier molecular flexibility index (Phi) is 6.99. The smallest absolute Gasteiger partial charge is 0.267 e. The fourth-order valence-electron chi connectivity index (χ4n) is 1.65. The molecule has 0 unspecified atom stereocenters.